The van der Waals surface area contributed by atoms with Gasteiger partial charge in [-0.2, -0.15) is 4.31 Å². The molecule has 2 unspecified atom stereocenters. The van der Waals surface area contributed by atoms with E-state index in [-0.39, 0.29) is 6.04 Å². The zero-order valence-electron chi connectivity index (χ0n) is 12.2. The number of rotatable bonds is 3. The van der Waals surface area contributed by atoms with Crippen LogP contribution in [0.3, 0.4) is 0 Å². The Morgan fingerprint density at radius 1 is 1.05 bits per heavy atom. The summed E-state index contributed by atoms with van der Waals surface area (Å²) in [5.41, 5.74) is 0.949. The molecule has 2 fully saturated rings. The van der Waals surface area contributed by atoms with Gasteiger partial charge in [0.2, 0.25) is 10.0 Å². The minimum atomic E-state index is -3.37. The summed E-state index contributed by atoms with van der Waals surface area (Å²) in [6.45, 7) is 0.667. The van der Waals surface area contributed by atoms with Gasteiger partial charge >= 0.3 is 0 Å². The highest BCUT2D eigenvalue weighted by molar-refractivity contribution is 7.89. The van der Waals surface area contributed by atoms with Gasteiger partial charge in [0.05, 0.1) is 4.90 Å². The molecule has 0 spiro atoms. The summed E-state index contributed by atoms with van der Waals surface area (Å²) in [6, 6.07) is 7.22. The van der Waals surface area contributed by atoms with Crippen molar-refractivity contribution in [1.82, 2.24) is 4.31 Å². The van der Waals surface area contributed by atoms with Crippen LogP contribution in [0.25, 0.3) is 0 Å². The minimum Gasteiger partial charge on any atom is -0.207 e. The molecule has 0 amide bonds. The average Bonchev–Trinajstić information content (AvgIpc) is 2.54. The number of hydrogen-bond acceptors (Lipinski definition) is 2. The highest BCUT2D eigenvalue weighted by atomic mass is 35.5. The van der Waals surface area contributed by atoms with E-state index in [0.29, 0.717) is 23.2 Å². The molecule has 116 valence electrons. The monoisotopic (exact) mass is 327 g/mol. The Morgan fingerprint density at radius 3 is 2.43 bits per heavy atom. The van der Waals surface area contributed by atoms with Crippen LogP contribution in [0.5, 0.6) is 0 Å². The van der Waals surface area contributed by atoms with Gasteiger partial charge in [0.25, 0.3) is 0 Å². The Hall–Kier alpha value is -0.580. The Kier molecular flexibility index (Phi) is 4.57. The molecule has 0 N–H and O–H groups in total. The van der Waals surface area contributed by atoms with Crippen LogP contribution in [0, 0.1) is 5.92 Å². The van der Waals surface area contributed by atoms with E-state index in [1.807, 2.05) is 12.1 Å². The lowest BCUT2D eigenvalue weighted by molar-refractivity contribution is 0.129. The van der Waals surface area contributed by atoms with Crippen molar-refractivity contribution in [2.45, 2.75) is 55.3 Å². The van der Waals surface area contributed by atoms with Crippen molar-refractivity contribution in [2.75, 3.05) is 6.54 Å². The van der Waals surface area contributed by atoms with Gasteiger partial charge in [-0.25, -0.2) is 8.42 Å². The van der Waals surface area contributed by atoms with Gasteiger partial charge in [0.15, 0.2) is 0 Å². The molecule has 1 aliphatic heterocycles. The molecule has 2 atom stereocenters. The molecule has 3 nitrogen and oxygen atoms in total. The van der Waals surface area contributed by atoms with Crippen LogP contribution in [-0.2, 0) is 15.9 Å². The first-order valence-corrected chi connectivity index (χ1v) is 9.77. The van der Waals surface area contributed by atoms with Crippen molar-refractivity contribution in [3.8, 4) is 0 Å². The first-order valence-electron chi connectivity index (χ1n) is 7.79. The second-order valence-electron chi connectivity index (χ2n) is 6.15. The Balaban J connectivity index is 1.88. The van der Waals surface area contributed by atoms with E-state index < -0.39 is 10.0 Å². The summed E-state index contributed by atoms with van der Waals surface area (Å²) in [7, 11) is -3.37. The SMILES string of the molecule is O=S(=O)(c1ccc(CCl)cc1)N1CCCC2CCCCC21. The van der Waals surface area contributed by atoms with Crippen molar-refractivity contribution in [3.63, 3.8) is 0 Å². The van der Waals surface area contributed by atoms with Crippen LogP contribution in [0.4, 0.5) is 0 Å². The molecule has 1 aromatic carbocycles. The van der Waals surface area contributed by atoms with Crippen LogP contribution >= 0.6 is 11.6 Å². The number of piperidine rings is 1. The predicted octanol–water partition coefficient (Wildman–Crippen LogP) is 3.77. The zero-order valence-corrected chi connectivity index (χ0v) is 13.7. The van der Waals surface area contributed by atoms with Crippen molar-refractivity contribution < 1.29 is 8.42 Å². The summed E-state index contributed by atoms with van der Waals surface area (Å²) in [4.78, 5) is 0.405. The van der Waals surface area contributed by atoms with Gasteiger partial charge in [0.1, 0.15) is 0 Å². The third kappa shape index (κ3) is 2.99. The fraction of sp³-hybridized carbons (Fsp3) is 0.625. The molecular formula is C16H22ClNO2S. The Bertz CT molecular complexity index is 583. The van der Waals surface area contributed by atoms with E-state index in [4.69, 9.17) is 11.6 Å². The normalized spacial score (nSPS) is 27.3. The van der Waals surface area contributed by atoms with E-state index in [1.165, 1.54) is 19.3 Å². The number of fused-ring (bicyclic) bond motifs is 1. The van der Waals surface area contributed by atoms with Gasteiger partial charge in [-0.1, -0.05) is 25.0 Å². The summed E-state index contributed by atoms with van der Waals surface area (Å²) >= 11 is 5.77. The number of nitrogens with zero attached hydrogens (tertiary/aromatic N) is 1. The summed E-state index contributed by atoms with van der Waals surface area (Å²) in [5, 5.41) is 0. The number of benzene rings is 1. The third-order valence-electron chi connectivity index (χ3n) is 4.88. The molecule has 5 heteroatoms. The molecule has 0 radical (unpaired) electrons. The van der Waals surface area contributed by atoms with Gasteiger partial charge in [-0.15, -0.1) is 11.6 Å². The lowest BCUT2D eigenvalue weighted by atomic mass is 9.79. The first kappa shape index (κ1) is 15.3. The highest BCUT2D eigenvalue weighted by Gasteiger charge is 2.39. The lowest BCUT2D eigenvalue weighted by Gasteiger charge is -2.43. The van der Waals surface area contributed by atoms with Crippen molar-refractivity contribution in [3.05, 3.63) is 29.8 Å². The van der Waals surface area contributed by atoms with Crippen LogP contribution < -0.4 is 0 Å². The van der Waals surface area contributed by atoms with Crippen LogP contribution in [0.15, 0.2) is 29.2 Å². The standard InChI is InChI=1S/C16H22ClNO2S/c17-12-13-7-9-15(10-8-13)21(19,20)18-11-3-5-14-4-1-2-6-16(14)18/h7-10,14,16H,1-6,11-12H2. The maximum Gasteiger partial charge on any atom is 0.243 e. The third-order valence-corrected chi connectivity index (χ3v) is 7.12. The molecule has 21 heavy (non-hydrogen) atoms. The second-order valence-corrected chi connectivity index (χ2v) is 8.31. The largest absolute Gasteiger partial charge is 0.243 e. The minimum absolute atomic E-state index is 0.213. The molecule has 1 heterocycles. The maximum atomic E-state index is 12.9. The second kappa shape index (κ2) is 6.27. The molecule has 1 saturated carbocycles. The number of alkyl halides is 1. The van der Waals surface area contributed by atoms with Crippen molar-refractivity contribution >= 4 is 21.6 Å². The molecule has 1 aromatic rings. The van der Waals surface area contributed by atoms with E-state index in [0.717, 1.165) is 24.8 Å². The quantitative estimate of drug-likeness (QED) is 0.792. The molecule has 3 rings (SSSR count). The van der Waals surface area contributed by atoms with Gasteiger partial charge in [-0.3, -0.25) is 0 Å². The Morgan fingerprint density at radius 2 is 1.71 bits per heavy atom. The molecule has 0 bridgehead atoms. The number of hydrogen-bond donors (Lipinski definition) is 0. The smallest absolute Gasteiger partial charge is 0.207 e. The molecule has 2 aliphatic rings. The topological polar surface area (TPSA) is 37.4 Å². The zero-order chi connectivity index (χ0) is 14.9. The average molecular weight is 328 g/mol. The predicted molar refractivity (Wildman–Crippen MR) is 84.9 cm³/mol. The molecular weight excluding hydrogens is 306 g/mol. The number of sulfonamides is 1. The van der Waals surface area contributed by atoms with Gasteiger partial charge in [-0.05, 0) is 49.3 Å². The van der Waals surface area contributed by atoms with Crippen LogP contribution in [0.2, 0.25) is 0 Å². The highest BCUT2D eigenvalue weighted by Crippen LogP contribution is 2.38. The fourth-order valence-corrected chi connectivity index (χ4v) is 5.70. The maximum absolute atomic E-state index is 12.9. The summed E-state index contributed by atoms with van der Waals surface area (Å²) in [6.07, 6.45) is 6.77. The molecule has 1 aliphatic carbocycles. The van der Waals surface area contributed by atoms with E-state index >= 15 is 0 Å². The summed E-state index contributed by atoms with van der Waals surface area (Å²) < 4.78 is 27.6. The summed E-state index contributed by atoms with van der Waals surface area (Å²) in [5.74, 6) is 0.971. The molecule has 1 saturated heterocycles. The fourth-order valence-electron chi connectivity index (χ4n) is 3.76. The van der Waals surface area contributed by atoms with Crippen molar-refractivity contribution in [2.24, 2.45) is 5.92 Å². The van der Waals surface area contributed by atoms with Crippen LogP contribution in [0.1, 0.15) is 44.1 Å². The van der Waals surface area contributed by atoms with Crippen molar-refractivity contribution in [1.29, 1.82) is 0 Å². The molecule has 0 aromatic heterocycles. The lowest BCUT2D eigenvalue weighted by Crippen LogP contribution is -2.49. The van der Waals surface area contributed by atoms with E-state index in [2.05, 4.69) is 0 Å². The van der Waals surface area contributed by atoms with Crippen LogP contribution in [-0.4, -0.2) is 25.3 Å². The van der Waals surface area contributed by atoms with E-state index in [9.17, 15) is 8.42 Å². The Labute approximate surface area is 132 Å². The van der Waals surface area contributed by atoms with Gasteiger partial charge < -0.3 is 0 Å². The first-order chi connectivity index (χ1) is 10.1. The van der Waals surface area contributed by atoms with E-state index in [1.54, 1.807) is 16.4 Å². The number of halogens is 1. The van der Waals surface area contributed by atoms with Gasteiger partial charge in [0, 0.05) is 18.5 Å².